The zero-order valence-electron chi connectivity index (χ0n) is 21.5. The molecule has 9 heteroatoms. The van der Waals surface area contributed by atoms with E-state index in [-0.39, 0.29) is 29.0 Å². The molecule has 0 aliphatic carbocycles. The number of ketones is 1. The highest BCUT2D eigenvalue weighted by atomic mass is 16.5. The molecule has 3 aromatic rings. The van der Waals surface area contributed by atoms with Gasteiger partial charge in [-0.25, -0.2) is 4.79 Å². The van der Waals surface area contributed by atoms with Crippen molar-refractivity contribution in [2.24, 2.45) is 0 Å². The zero-order valence-corrected chi connectivity index (χ0v) is 21.5. The molecule has 1 amide bonds. The van der Waals surface area contributed by atoms with E-state index in [9.17, 15) is 24.6 Å². The largest absolute Gasteiger partial charge is 0.507 e. The fourth-order valence-corrected chi connectivity index (χ4v) is 4.44. The lowest BCUT2D eigenvalue weighted by Gasteiger charge is -2.26. The maximum Gasteiger partial charge on any atom is 0.335 e. The van der Waals surface area contributed by atoms with Gasteiger partial charge in [0.1, 0.15) is 17.3 Å². The third-order valence-corrected chi connectivity index (χ3v) is 6.48. The average molecular weight is 517 g/mol. The number of carboxylic acids is 1. The molecule has 1 unspecified atom stereocenters. The topological polar surface area (TPSA) is 117 Å². The summed E-state index contributed by atoms with van der Waals surface area (Å²) in [5, 5.41) is 20.7. The second-order valence-electron chi connectivity index (χ2n) is 8.98. The molecule has 9 nitrogen and oxygen atoms in total. The number of aliphatic hydroxyl groups excluding tert-OH is 1. The lowest BCUT2D eigenvalue weighted by atomic mass is 9.94. The number of nitrogens with zero attached hydrogens (tertiary/aromatic N) is 2. The molecule has 38 heavy (non-hydrogen) atoms. The number of anilines is 1. The number of carbonyl (C=O) groups is 3. The molecule has 0 spiro atoms. The van der Waals surface area contributed by atoms with Crippen LogP contribution in [-0.4, -0.2) is 61.1 Å². The van der Waals surface area contributed by atoms with Crippen LogP contribution in [0.15, 0.2) is 72.3 Å². The molecule has 1 aliphatic rings. The van der Waals surface area contributed by atoms with Crippen molar-refractivity contribution in [3.63, 3.8) is 0 Å². The lowest BCUT2D eigenvalue weighted by molar-refractivity contribution is -0.140. The first-order valence-corrected chi connectivity index (χ1v) is 11.8. The molecule has 4 rings (SSSR count). The number of rotatable bonds is 8. The number of amides is 1. The molecule has 1 atom stereocenters. The summed E-state index contributed by atoms with van der Waals surface area (Å²) < 4.78 is 10.7. The molecular formula is C29H28N2O7. The van der Waals surface area contributed by atoms with Gasteiger partial charge in [-0.05, 0) is 53.6 Å². The Kier molecular flexibility index (Phi) is 7.38. The Morgan fingerprint density at radius 1 is 0.921 bits per heavy atom. The van der Waals surface area contributed by atoms with Gasteiger partial charge in [-0.1, -0.05) is 24.3 Å². The summed E-state index contributed by atoms with van der Waals surface area (Å²) in [4.78, 5) is 41.3. The first-order chi connectivity index (χ1) is 18.2. The van der Waals surface area contributed by atoms with Gasteiger partial charge in [-0.3, -0.25) is 9.59 Å². The van der Waals surface area contributed by atoms with Crippen LogP contribution in [0.5, 0.6) is 11.5 Å². The van der Waals surface area contributed by atoms with Crippen molar-refractivity contribution in [2.45, 2.75) is 12.6 Å². The highest BCUT2D eigenvalue weighted by Gasteiger charge is 2.46. The van der Waals surface area contributed by atoms with Crippen molar-refractivity contribution >= 4 is 29.1 Å². The van der Waals surface area contributed by atoms with E-state index in [2.05, 4.69) is 0 Å². The number of aliphatic hydroxyl groups is 1. The summed E-state index contributed by atoms with van der Waals surface area (Å²) in [6, 6.07) is 17.3. The third kappa shape index (κ3) is 4.90. The Morgan fingerprint density at radius 3 is 2.13 bits per heavy atom. The molecule has 1 saturated heterocycles. The summed E-state index contributed by atoms with van der Waals surface area (Å²) in [7, 11) is 6.72. The normalized spacial score (nSPS) is 16.4. The Labute approximate surface area is 220 Å². The zero-order chi connectivity index (χ0) is 27.6. The van der Waals surface area contributed by atoms with E-state index in [1.54, 1.807) is 30.3 Å². The van der Waals surface area contributed by atoms with E-state index in [0.29, 0.717) is 22.6 Å². The average Bonchev–Trinajstić information content (AvgIpc) is 3.17. The minimum atomic E-state index is -1.06. The van der Waals surface area contributed by atoms with Gasteiger partial charge in [0.2, 0.25) is 0 Å². The summed E-state index contributed by atoms with van der Waals surface area (Å²) in [6.45, 7) is 0.0244. The molecule has 0 saturated carbocycles. The summed E-state index contributed by atoms with van der Waals surface area (Å²) in [6.07, 6.45) is 0. The molecule has 1 heterocycles. The van der Waals surface area contributed by atoms with Gasteiger partial charge in [0, 0.05) is 26.3 Å². The van der Waals surface area contributed by atoms with Crippen molar-refractivity contribution < 1.29 is 34.1 Å². The van der Waals surface area contributed by atoms with Crippen LogP contribution in [0.4, 0.5) is 5.69 Å². The van der Waals surface area contributed by atoms with Crippen LogP contribution < -0.4 is 14.4 Å². The summed E-state index contributed by atoms with van der Waals surface area (Å²) in [5.41, 5.74) is 2.42. The van der Waals surface area contributed by atoms with Crippen LogP contribution >= 0.6 is 0 Å². The number of benzene rings is 3. The SMILES string of the molecule is COc1ccc(OC)c(/C(O)=C2\C(=O)C(=O)N(Cc3ccc(C(=O)O)cc3)C2c2ccc(N(C)C)cc2)c1. The second kappa shape index (κ2) is 10.7. The number of aromatic carboxylic acids is 1. The smallest absolute Gasteiger partial charge is 0.335 e. The van der Waals surface area contributed by atoms with Gasteiger partial charge < -0.3 is 29.5 Å². The maximum absolute atomic E-state index is 13.4. The summed E-state index contributed by atoms with van der Waals surface area (Å²) in [5.74, 6) is -2.32. The predicted octanol–water partition coefficient (Wildman–Crippen LogP) is 4.09. The van der Waals surface area contributed by atoms with Crippen LogP contribution in [0.3, 0.4) is 0 Å². The summed E-state index contributed by atoms with van der Waals surface area (Å²) >= 11 is 0. The highest BCUT2D eigenvalue weighted by molar-refractivity contribution is 6.46. The molecule has 3 aromatic carbocycles. The molecule has 1 aliphatic heterocycles. The van der Waals surface area contributed by atoms with Gasteiger partial charge in [0.05, 0.1) is 37.0 Å². The quantitative estimate of drug-likeness (QED) is 0.261. The Balaban J connectivity index is 1.87. The fourth-order valence-electron chi connectivity index (χ4n) is 4.44. The van der Waals surface area contributed by atoms with E-state index >= 15 is 0 Å². The van der Waals surface area contributed by atoms with Crippen LogP contribution in [0, 0.1) is 0 Å². The number of hydrogen-bond donors (Lipinski definition) is 2. The highest BCUT2D eigenvalue weighted by Crippen LogP contribution is 2.42. The number of likely N-dealkylation sites (tertiary alicyclic amines) is 1. The van der Waals surface area contributed by atoms with E-state index in [4.69, 9.17) is 9.47 Å². The lowest BCUT2D eigenvalue weighted by Crippen LogP contribution is -2.29. The van der Waals surface area contributed by atoms with E-state index in [0.717, 1.165) is 5.69 Å². The Hall–Kier alpha value is -4.79. The molecule has 0 bridgehead atoms. The standard InChI is InChI=1S/C29H28N2O7/c1-30(2)20-11-9-18(10-12-20)25-24(26(32)22-15-21(37-3)13-14-23(22)38-4)27(33)28(34)31(25)16-17-5-7-19(8-6-17)29(35)36/h5-15,25,32H,16H2,1-4H3,(H,35,36)/b26-24+. The molecule has 2 N–H and O–H groups in total. The van der Waals surface area contributed by atoms with E-state index in [1.807, 2.05) is 43.3 Å². The van der Waals surface area contributed by atoms with Crippen LogP contribution in [0.1, 0.15) is 33.1 Å². The van der Waals surface area contributed by atoms with Crippen LogP contribution in [0.25, 0.3) is 5.76 Å². The first kappa shape index (κ1) is 26.3. The monoisotopic (exact) mass is 516 g/mol. The van der Waals surface area contributed by atoms with Crippen molar-refractivity contribution in [2.75, 3.05) is 33.2 Å². The number of hydrogen-bond acceptors (Lipinski definition) is 7. The molecule has 0 aromatic heterocycles. The first-order valence-electron chi connectivity index (χ1n) is 11.8. The predicted molar refractivity (Wildman–Crippen MR) is 142 cm³/mol. The Morgan fingerprint density at radius 2 is 1.58 bits per heavy atom. The minimum Gasteiger partial charge on any atom is -0.507 e. The molecule has 1 fully saturated rings. The van der Waals surface area contributed by atoms with Gasteiger partial charge in [0.15, 0.2) is 0 Å². The maximum atomic E-state index is 13.4. The van der Waals surface area contributed by atoms with Crippen molar-refractivity contribution in [1.82, 2.24) is 4.90 Å². The van der Waals surface area contributed by atoms with Gasteiger partial charge in [-0.15, -0.1) is 0 Å². The number of Topliss-reactive ketones (excluding diaryl/α,β-unsaturated/α-hetero) is 1. The Bertz CT molecular complexity index is 1410. The number of carboxylic acid groups (broad SMARTS) is 1. The van der Waals surface area contributed by atoms with E-state index < -0.39 is 23.7 Å². The number of carbonyl (C=O) groups excluding carboxylic acids is 2. The second-order valence-corrected chi connectivity index (χ2v) is 8.98. The van der Waals surface area contributed by atoms with Crippen LogP contribution in [-0.2, 0) is 16.1 Å². The van der Waals surface area contributed by atoms with Gasteiger partial charge >= 0.3 is 5.97 Å². The van der Waals surface area contributed by atoms with Crippen LogP contribution in [0.2, 0.25) is 0 Å². The van der Waals surface area contributed by atoms with Gasteiger partial charge in [0.25, 0.3) is 11.7 Å². The number of ether oxygens (including phenoxy) is 2. The van der Waals surface area contributed by atoms with Crippen molar-refractivity contribution in [3.8, 4) is 11.5 Å². The number of methoxy groups -OCH3 is 2. The van der Waals surface area contributed by atoms with E-state index in [1.165, 1.54) is 31.3 Å². The van der Waals surface area contributed by atoms with Gasteiger partial charge in [-0.2, -0.15) is 0 Å². The molecule has 0 radical (unpaired) electrons. The fraction of sp³-hybridized carbons (Fsp3) is 0.207. The van der Waals surface area contributed by atoms with Crippen molar-refractivity contribution in [1.29, 1.82) is 0 Å². The van der Waals surface area contributed by atoms with Crippen molar-refractivity contribution in [3.05, 3.63) is 94.6 Å². The molecule has 196 valence electrons. The minimum absolute atomic E-state index is 0.0244. The third-order valence-electron chi connectivity index (χ3n) is 6.48. The molecular weight excluding hydrogens is 488 g/mol.